The second-order valence-electron chi connectivity index (χ2n) is 7.49. The quantitative estimate of drug-likeness (QED) is 0.248. The van der Waals surface area contributed by atoms with Crippen molar-refractivity contribution in [3.05, 3.63) is 23.8 Å². The van der Waals surface area contributed by atoms with Gasteiger partial charge in [0.15, 0.2) is 0 Å². The van der Waals surface area contributed by atoms with Crippen molar-refractivity contribution in [2.45, 2.75) is 102 Å². The summed E-state index contributed by atoms with van der Waals surface area (Å²) in [5.74, 6) is 0.652. The van der Waals surface area contributed by atoms with Gasteiger partial charge in [-0.05, 0) is 37.1 Å². The second kappa shape index (κ2) is 14.0. The first kappa shape index (κ1) is 24.0. The van der Waals surface area contributed by atoms with Gasteiger partial charge in [0, 0.05) is 0 Å². The van der Waals surface area contributed by atoms with Gasteiger partial charge in [-0.1, -0.05) is 84.0 Å². The molecular weight excluding hydrogens is 360 g/mol. The van der Waals surface area contributed by atoms with Crippen molar-refractivity contribution in [2.24, 2.45) is 0 Å². The Balaban J connectivity index is 1.98. The van der Waals surface area contributed by atoms with E-state index in [1.165, 1.54) is 83.1 Å². The van der Waals surface area contributed by atoms with Crippen LogP contribution >= 0.6 is 0 Å². The molecule has 0 aromatic heterocycles. The van der Waals surface area contributed by atoms with Crippen molar-refractivity contribution in [3.8, 4) is 5.75 Å². The molecular formula is C22H38O4S. The highest BCUT2D eigenvalue weighted by atomic mass is 32.2. The zero-order chi connectivity index (χ0) is 20.0. The summed E-state index contributed by atoms with van der Waals surface area (Å²) in [5, 5.41) is 0. The van der Waals surface area contributed by atoms with E-state index >= 15 is 0 Å². The Bertz CT molecular complexity index is 611. The molecule has 1 aromatic rings. The van der Waals surface area contributed by atoms with Gasteiger partial charge in [-0.3, -0.25) is 4.55 Å². The van der Waals surface area contributed by atoms with E-state index in [0.717, 1.165) is 6.42 Å². The van der Waals surface area contributed by atoms with E-state index in [2.05, 4.69) is 6.92 Å². The fourth-order valence-electron chi connectivity index (χ4n) is 3.31. The highest BCUT2D eigenvalue weighted by Gasteiger charge is 2.13. The normalized spacial score (nSPS) is 11.7. The topological polar surface area (TPSA) is 63.6 Å². The van der Waals surface area contributed by atoms with E-state index in [1.807, 2.05) is 0 Å². The van der Waals surface area contributed by atoms with Gasteiger partial charge in [0.2, 0.25) is 0 Å². The molecule has 1 aromatic carbocycles. The zero-order valence-corrected chi connectivity index (χ0v) is 18.0. The molecule has 0 aliphatic heterocycles. The van der Waals surface area contributed by atoms with Crippen LogP contribution in [0.4, 0.5) is 0 Å². The van der Waals surface area contributed by atoms with E-state index in [9.17, 15) is 8.42 Å². The van der Waals surface area contributed by atoms with Gasteiger partial charge in [0.05, 0.1) is 11.5 Å². The third-order valence-electron chi connectivity index (χ3n) is 4.94. The van der Waals surface area contributed by atoms with E-state index < -0.39 is 10.1 Å². The van der Waals surface area contributed by atoms with Crippen LogP contribution in [0.1, 0.15) is 96.0 Å². The van der Waals surface area contributed by atoms with Crippen LogP contribution in [0.3, 0.4) is 0 Å². The second-order valence-corrected chi connectivity index (χ2v) is 8.88. The molecule has 0 atom stereocenters. The Labute approximate surface area is 166 Å². The number of benzene rings is 1. The van der Waals surface area contributed by atoms with Crippen molar-refractivity contribution in [2.75, 3.05) is 6.61 Å². The minimum absolute atomic E-state index is 0.0594. The summed E-state index contributed by atoms with van der Waals surface area (Å²) >= 11 is 0. The van der Waals surface area contributed by atoms with Gasteiger partial charge in [0.1, 0.15) is 5.75 Å². The Morgan fingerprint density at radius 3 is 1.74 bits per heavy atom. The lowest BCUT2D eigenvalue weighted by Gasteiger charge is -2.09. The maximum atomic E-state index is 11.2. The van der Waals surface area contributed by atoms with E-state index in [1.54, 1.807) is 19.1 Å². The molecule has 0 saturated carbocycles. The summed E-state index contributed by atoms with van der Waals surface area (Å²) in [7, 11) is -4.16. The summed E-state index contributed by atoms with van der Waals surface area (Å²) in [6.07, 6.45) is 17.1. The molecule has 0 aliphatic carbocycles. The number of hydrogen-bond acceptors (Lipinski definition) is 3. The Morgan fingerprint density at radius 1 is 0.815 bits per heavy atom. The lowest BCUT2D eigenvalue weighted by Crippen LogP contribution is -2.02. The summed E-state index contributed by atoms with van der Waals surface area (Å²) in [5.41, 5.74) is 0.500. The molecule has 1 N–H and O–H groups in total. The number of rotatable bonds is 16. The molecule has 0 aliphatic rings. The van der Waals surface area contributed by atoms with Crippen LogP contribution in [-0.2, 0) is 10.1 Å². The standard InChI is InChI=1S/C22H38O4S/c1-3-4-5-6-7-8-9-10-11-12-13-14-15-18-26-21-16-17-22(20(2)19-21)27(23,24)25/h16-17,19H,3-15,18H2,1-2H3,(H,23,24,25). The van der Waals surface area contributed by atoms with E-state index in [0.29, 0.717) is 17.9 Å². The first-order valence-corrected chi connectivity index (χ1v) is 12.1. The highest BCUT2D eigenvalue weighted by Crippen LogP contribution is 2.21. The third kappa shape index (κ3) is 11.4. The smallest absolute Gasteiger partial charge is 0.294 e. The van der Waals surface area contributed by atoms with Gasteiger partial charge in [-0.2, -0.15) is 8.42 Å². The first-order valence-electron chi connectivity index (χ1n) is 10.7. The molecule has 0 fully saturated rings. The van der Waals surface area contributed by atoms with Gasteiger partial charge < -0.3 is 4.74 Å². The maximum Gasteiger partial charge on any atom is 0.294 e. The molecule has 5 heteroatoms. The molecule has 4 nitrogen and oxygen atoms in total. The van der Waals surface area contributed by atoms with Crippen LogP contribution in [-0.4, -0.2) is 19.6 Å². The largest absolute Gasteiger partial charge is 0.494 e. The Hall–Kier alpha value is -1.07. The SMILES string of the molecule is CCCCCCCCCCCCCCCOc1ccc(S(=O)(=O)O)c(C)c1. The van der Waals surface area contributed by atoms with Crippen molar-refractivity contribution < 1.29 is 17.7 Å². The van der Waals surface area contributed by atoms with Crippen molar-refractivity contribution >= 4 is 10.1 Å². The van der Waals surface area contributed by atoms with Crippen LogP contribution in [0.15, 0.2) is 23.1 Å². The number of aryl methyl sites for hydroxylation is 1. The van der Waals surface area contributed by atoms with E-state index in [4.69, 9.17) is 9.29 Å². The minimum atomic E-state index is -4.16. The molecule has 156 valence electrons. The minimum Gasteiger partial charge on any atom is -0.494 e. The summed E-state index contributed by atoms with van der Waals surface area (Å²) in [6.45, 7) is 4.56. The Kier molecular flexibility index (Phi) is 12.4. The number of unbranched alkanes of at least 4 members (excludes halogenated alkanes) is 12. The molecule has 0 heterocycles. The van der Waals surface area contributed by atoms with Crippen LogP contribution in [0.25, 0.3) is 0 Å². The predicted molar refractivity (Wildman–Crippen MR) is 112 cm³/mol. The lowest BCUT2D eigenvalue weighted by atomic mass is 10.0. The zero-order valence-electron chi connectivity index (χ0n) is 17.2. The fraction of sp³-hybridized carbons (Fsp3) is 0.727. The van der Waals surface area contributed by atoms with Gasteiger partial charge in [-0.15, -0.1) is 0 Å². The molecule has 27 heavy (non-hydrogen) atoms. The van der Waals surface area contributed by atoms with Crippen molar-refractivity contribution in [3.63, 3.8) is 0 Å². The van der Waals surface area contributed by atoms with Gasteiger partial charge >= 0.3 is 0 Å². The molecule has 0 unspecified atom stereocenters. The van der Waals surface area contributed by atoms with Gasteiger partial charge in [-0.25, -0.2) is 0 Å². The van der Waals surface area contributed by atoms with Crippen molar-refractivity contribution in [1.82, 2.24) is 0 Å². The molecule has 0 radical (unpaired) electrons. The van der Waals surface area contributed by atoms with Crippen LogP contribution < -0.4 is 4.74 Å². The highest BCUT2D eigenvalue weighted by molar-refractivity contribution is 7.85. The first-order chi connectivity index (χ1) is 12.9. The summed E-state index contributed by atoms with van der Waals surface area (Å²) < 4.78 is 37.1. The number of hydrogen-bond donors (Lipinski definition) is 1. The molecule has 0 bridgehead atoms. The van der Waals surface area contributed by atoms with Crippen LogP contribution in [0, 0.1) is 6.92 Å². The summed E-state index contributed by atoms with van der Waals surface area (Å²) in [4.78, 5) is -0.0594. The molecule has 0 saturated heterocycles. The third-order valence-corrected chi connectivity index (χ3v) is 5.95. The molecule has 0 spiro atoms. The maximum absolute atomic E-state index is 11.2. The predicted octanol–water partition coefficient (Wildman–Crippen LogP) is 6.71. The van der Waals surface area contributed by atoms with E-state index in [-0.39, 0.29) is 4.90 Å². The average molecular weight is 399 g/mol. The average Bonchev–Trinajstić information content (AvgIpc) is 2.61. The van der Waals surface area contributed by atoms with Gasteiger partial charge in [0.25, 0.3) is 10.1 Å². The number of ether oxygens (including phenoxy) is 1. The molecule has 1 rings (SSSR count). The fourth-order valence-corrected chi connectivity index (χ4v) is 4.02. The van der Waals surface area contributed by atoms with Crippen LogP contribution in [0.5, 0.6) is 5.75 Å². The van der Waals surface area contributed by atoms with Crippen LogP contribution in [0.2, 0.25) is 0 Å². The lowest BCUT2D eigenvalue weighted by molar-refractivity contribution is 0.304. The summed E-state index contributed by atoms with van der Waals surface area (Å²) in [6, 6.07) is 4.65. The Morgan fingerprint density at radius 2 is 1.30 bits per heavy atom. The monoisotopic (exact) mass is 398 g/mol. The molecule has 0 amide bonds. The van der Waals surface area contributed by atoms with Crippen molar-refractivity contribution in [1.29, 1.82) is 0 Å².